The molecule has 0 bridgehead atoms. The summed E-state index contributed by atoms with van der Waals surface area (Å²) in [6, 6.07) is 13.2. The first-order valence-electron chi connectivity index (χ1n) is 6.49. The molecule has 2 unspecified atom stereocenters. The number of aliphatic hydroxyl groups is 1. The lowest BCUT2D eigenvalue weighted by Crippen LogP contribution is -2.26. The normalized spacial score (nSPS) is 19.1. The summed E-state index contributed by atoms with van der Waals surface area (Å²) in [5.74, 6) is 0.923. The van der Waals surface area contributed by atoms with Crippen LogP contribution in [0.15, 0.2) is 42.5 Å². The van der Waals surface area contributed by atoms with Gasteiger partial charge in [-0.3, -0.25) is 0 Å². The molecule has 0 spiro atoms. The lowest BCUT2D eigenvalue weighted by molar-refractivity contribution is 0.0645. The first kappa shape index (κ1) is 13.7. The molecule has 1 aliphatic rings. The Labute approximate surface area is 127 Å². The number of benzene rings is 2. The van der Waals surface area contributed by atoms with Crippen LogP contribution in [0.5, 0.6) is 5.75 Å². The van der Waals surface area contributed by atoms with Gasteiger partial charge in [0.1, 0.15) is 5.75 Å². The fourth-order valence-electron chi connectivity index (χ4n) is 2.52. The Balaban J connectivity index is 1.82. The average molecular weight is 309 g/mol. The van der Waals surface area contributed by atoms with Gasteiger partial charge < -0.3 is 9.84 Å². The first-order chi connectivity index (χ1) is 9.65. The van der Waals surface area contributed by atoms with Crippen LogP contribution in [0.1, 0.15) is 17.2 Å². The zero-order valence-corrected chi connectivity index (χ0v) is 12.2. The second kappa shape index (κ2) is 5.65. The Kier molecular flexibility index (Phi) is 3.88. The van der Waals surface area contributed by atoms with Gasteiger partial charge >= 0.3 is 0 Å². The summed E-state index contributed by atoms with van der Waals surface area (Å²) in [6.07, 6.45) is 0.176. The van der Waals surface area contributed by atoms with E-state index in [9.17, 15) is 5.11 Å². The second-order valence-electron chi connectivity index (χ2n) is 5.00. The maximum absolute atomic E-state index is 10.5. The summed E-state index contributed by atoms with van der Waals surface area (Å²) in [4.78, 5) is 0. The minimum absolute atomic E-state index is 0.0159. The SMILES string of the molecule is OC(c1ccc(Cl)c(Cl)c1)C1COc2ccccc2C1. The molecule has 0 saturated heterocycles. The van der Waals surface area contributed by atoms with Crippen LogP contribution in [0.4, 0.5) is 0 Å². The van der Waals surface area contributed by atoms with Crippen molar-refractivity contribution in [3.8, 4) is 5.75 Å². The smallest absolute Gasteiger partial charge is 0.122 e. The molecule has 104 valence electrons. The summed E-state index contributed by atoms with van der Waals surface area (Å²) in [7, 11) is 0. The van der Waals surface area contributed by atoms with Gasteiger partial charge in [0.15, 0.2) is 0 Å². The van der Waals surface area contributed by atoms with Crippen molar-refractivity contribution in [2.45, 2.75) is 12.5 Å². The molecular formula is C16H14Cl2O2. The van der Waals surface area contributed by atoms with E-state index in [1.165, 1.54) is 0 Å². The van der Waals surface area contributed by atoms with E-state index in [0.29, 0.717) is 16.7 Å². The quantitative estimate of drug-likeness (QED) is 0.897. The molecule has 0 amide bonds. The third-order valence-corrected chi connectivity index (χ3v) is 4.38. The van der Waals surface area contributed by atoms with E-state index in [0.717, 1.165) is 23.3 Å². The van der Waals surface area contributed by atoms with E-state index in [-0.39, 0.29) is 5.92 Å². The highest BCUT2D eigenvalue weighted by molar-refractivity contribution is 6.42. The van der Waals surface area contributed by atoms with Gasteiger partial charge in [0, 0.05) is 5.92 Å². The van der Waals surface area contributed by atoms with Crippen LogP contribution in [-0.2, 0) is 6.42 Å². The minimum Gasteiger partial charge on any atom is -0.493 e. The maximum atomic E-state index is 10.5. The molecule has 0 radical (unpaired) electrons. The summed E-state index contributed by atoms with van der Waals surface area (Å²) < 4.78 is 5.71. The Bertz CT molecular complexity index is 628. The molecule has 0 fully saturated rings. The van der Waals surface area contributed by atoms with Crippen molar-refractivity contribution in [3.63, 3.8) is 0 Å². The van der Waals surface area contributed by atoms with Gasteiger partial charge in [-0.05, 0) is 35.7 Å². The highest BCUT2D eigenvalue weighted by atomic mass is 35.5. The average Bonchev–Trinajstić information content (AvgIpc) is 2.49. The predicted molar refractivity (Wildman–Crippen MR) is 80.6 cm³/mol. The molecule has 1 N–H and O–H groups in total. The third-order valence-electron chi connectivity index (χ3n) is 3.64. The van der Waals surface area contributed by atoms with Gasteiger partial charge in [-0.25, -0.2) is 0 Å². The Hall–Kier alpha value is -1.22. The number of hydrogen-bond donors (Lipinski definition) is 1. The minimum atomic E-state index is -0.613. The zero-order chi connectivity index (χ0) is 14.1. The van der Waals surface area contributed by atoms with E-state index in [4.69, 9.17) is 27.9 Å². The van der Waals surface area contributed by atoms with Crippen molar-refractivity contribution < 1.29 is 9.84 Å². The molecule has 3 rings (SSSR count). The van der Waals surface area contributed by atoms with Gasteiger partial charge in [0.25, 0.3) is 0 Å². The molecule has 2 aromatic carbocycles. The fourth-order valence-corrected chi connectivity index (χ4v) is 2.83. The number of ether oxygens (including phenoxy) is 1. The van der Waals surface area contributed by atoms with Crippen LogP contribution in [0.25, 0.3) is 0 Å². The zero-order valence-electron chi connectivity index (χ0n) is 10.7. The van der Waals surface area contributed by atoms with E-state index in [1.54, 1.807) is 18.2 Å². The summed E-state index contributed by atoms with van der Waals surface area (Å²) in [5, 5.41) is 11.5. The van der Waals surface area contributed by atoms with Gasteiger partial charge in [0.2, 0.25) is 0 Å². The molecule has 2 aromatic rings. The molecule has 0 aromatic heterocycles. The van der Waals surface area contributed by atoms with Crippen LogP contribution in [-0.4, -0.2) is 11.7 Å². The standard InChI is InChI=1S/C16H14Cl2O2/c17-13-6-5-11(8-14(13)18)16(19)12-7-10-3-1-2-4-15(10)20-9-12/h1-6,8,12,16,19H,7,9H2. The van der Waals surface area contributed by atoms with Crippen LogP contribution < -0.4 is 4.74 Å². The fraction of sp³-hybridized carbons (Fsp3) is 0.250. The Morgan fingerprint density at radius 2 is 1.90 bits per heavy atom. The van der Waals surface area contributed by atoms with E-state index in [1.807, 2.05) is 24.3 Å². The molecule has 0 saturated carbocycles. The van der Waals surface area contributed by atoms with Gasteiger partial charge in [-0.15, -0.1) is 0 Å². The van der Waals surface area contributed by atoms with Crippen LogP contribution in [0, 0.1) is 5.92 Å². The predicted octanol–water partition coefficient (Wildman–Crippen LogP) is 4.28. The molecule has 1 aliphatic heterocycles. The van der Waals surface area contributed by atoms with Crippen LogP contribution in [0.3, 0.4) is 0 Å². The lowest BCUT2D eigenvalue weighted by Gasteiger charge is -2.29. The van der Waals surface area contributed by atoms with Crippen molar-refractivity contribution in [1.82, 2.24) is 0 Å². The molecule has 20 heavy (non-hydrogen) atoms. The third kappa shape index (κ3) is 2.64. The number of para-hydroxylation sites is 1. The van der Waals surface area contributed by atoms with E-state index < -0.39 is 6.10 Å². The van der Waals surface area contributed by atoms with Crippen molar-refractivity contribution >= 4 is 23.2 Å². The van der Waals surface area contributed by atoms with Gasteiger partial charge in [-0.2, -0.15) is 0 Å². The topological polar surface area (TPSA) is 29.5 Å². The van der Waals surface area contributed by atoms with Crippen LogP contribution >= 0.6 is 23.2 Å². The number of halogens is 2. The molecule has 2 nitrogen and oxygen atoms in total. The summed E-state index contributed by atoms with van der Waals surface area (Å²) in [5.41, 5.74) is 1.90. The number of aliphatic hydroxyl groups excluding tert-OH is 1. The van der Waals surface area contributed by atoms with Crippen molar-refractivity contribution in [1.29, 1.82) is 0 Å². The largest absolute Gasteiger partial charge is 0.493 e. The molecular weight excluding hydrogens is 295 g/mol. The maximum Gasteiger partial charge on any atom is 0.122 e. The Morgan fingerprint density at radius 3 is 2.70 bits per heavy atom. The lowest BCUT2D eigenvalue weighted by atomic mass is 9.88. The molecule has 4 heteroatoms. The highest BCUT2D eigenvalue weighted by Gasteiger charge is 2.27. The monoisotopic (exact) mass is 308 g/mol. The summed E-state index contributed by atoms with van der Waals surface area (Å²) >= 11 is 11.9. The van der Waals surface area contributed by atoms with Crippen molar-refractivity contribution in [2.24, 2.45) is 5.92 Å². The van der Waals surface area contributed by atoms with E-state index in [2.05, 4.69) is 0 Å². The second-order valence-corrected chi connectivity index (χ2v) is 5.82. The van der Waals surface area contributed by atoms with Crippen LogP contribution in [0.2, 0.25) is 10.0 Å². The van der Waals surface area contributed by atoms with Gasteiger partial charge in [-0.1, -0.05) is 47.5 Å². The van der Waals surface area contributed by atoms with Crippen molar-refractivity contribution in [2.75, 3.05) is 6.61 Å². The molecule has 1 heterocycles. The van der Waals surface area contributed by atoms with E-state index >= 15 is 0 Å². The number of hydrogen-bond acceptors (Lipinski definition) is 2. The highest BCUT2D eigenvalue weighted by Crippen LogP contribution is 2.35. The summed E-state index contributed by atoms with van der Waals surface area (Å²) in [6.45, 7) is 0.498. The molecule has 2 atom stereocenters. The number of rotatable bonds is 2. The van der Waals surface area contributed by atoms with Gasteiger partial charge in [0.05, 0.1) is 22.8 Å². The molecule has 0 aliphatic carbocycles. The number of fused-ring (bicyclic) bond motifs is 1. The first-order valence-corrected chi connectivity index (χ1v) is 7.24. The Morgan fingerprint density at radius 1 is 1.10 bits per heavy atom. The van der Waals surface area contributed by atoms with Crippen molar-refractivity contribution in [3.05, 3.63) is 63.6 Å².